The molecule has 11 aromatic rings. The Hall–Kier alpha value is -6.84. The first-order chi connectivity index (χ1) is 28.6. The van der Waals surface area contributed by atoms with Crippen molar-refractivity contribution in [3.05, 3.63) is 176 Å². The third kappa shape index (κ3) is 6.28. The van der Waals surface area contributed by atoms with E-state index in [4.69, 9.17) is 15.0 Å². The zero-order valence-corrected chi connectivity index (χ0v) is 32.9. The van der Waals surface area contributed by atoms with Crippen LogP contribution < -0.4 is 57.9 Å². The van der Waals surface area contributed by atoms with Crippen LogP contribution in [0.25, 0.3) is 111 Å². The summed E-state index contributed by atoms with van der Waals surface area (Å²) in [7, 11) is 0. The third-order valence-electron chi connectivity index (χ3n) is 11.1. The van der Waals surface area contributed by atoms with Gasteiger partial charge in [0.05, 0.1) is 0 Å². The molecule has 272 valence electrons. The molecule has 0 fully saturated rings. The minimum Gasteiger partial charge on any atom is -0.868 e. The molecule has 2 N–H and O–H groups in total. The Morgan fingerprint density at radius 2 is 0.833 bits per heavy atom. The number of benzene rings is 8. The molecule has 3 heterocycles. The second-order valence-corrected chi connectivity index (χ2v) is 14.4. The Kier molecular flexibility index (Phi) is 10.1. The molecule has 60 heavy (non-hydrogen) atoms. The van der Waals surface area contributed by atoms with E-state index in [0.717, 1.165) is 70.9 Å². The molecule has 0 aliphatic carbocycles. The SMILES string of the molecule is [Li+].[Li+].[O-]c1c(-c2c3ccccc3c(-c3ccc4ccc[nH+]c4c3[O-])c3c2ccc2c(-c4nc(-c5ccccc5)nc(-c5ccccc5)n4)cccc23)ccc2ccc[nH+]c12. The smallest absolute Gasteiger partial charge is 0.868 e. The number of pyridine rings is 2. The molecule has 3 aromatic heterocycles. The minimum absolute atomic E-state index is 0. The molecule has 0 bridgehead atoms. The summed E-state index contributed by atoms with van der Waals surface area (Å²) >= 11 is 0. The Morgan fingerprint density at radius 3 is 1.42 bits per heavy atom. The van der Waals surface area contributed by atoms with Crippen LogP contribution in [0.5, 0.6) is 11.5 Å². The molecule has 0 radical (unpaired) electrons. The van der Waals surface area contributed by atoms with Gasteiger partial charge in [0.2, 0.25) is 11.0 Å². The molecule has 0 amide bonds. The maximum atomic E-state index is 14.6. The van der Waals surface area contributed by atoms with Crippen LogP contribution in [0.4, 0.5) is 0 Å². The predicted molar refractivity (Wildman–Crippen MR) is 227 cm³/mol. The topological polar surface area (TPSA) is 113 Å². The molecule has 7 nitrogen and oxygen atoms in total. The van der Waals surface area contributed by atoms with Crippen molar-refractivity contribution < 1.29 is 57.9 Å². The van der Waals surface area contributed by atoms with Crippen LogP contribution in [0.1, 0.15) is 0 Å². The third-order valence-corrected chi connectivity index (χ3v) is 11.1. The monoisotopic (exact) mass is 759 g/mol. The van der Waals surface area contributed by atoms with Gasteiger partial charge in [0.1, 0.15) is 0 Å². The Labute approximate surface area is 368 Å². The number of nitrogens with one attached hydrogen (secondary N) is 2. The fraction of sp³-hybridized carbons (Fsp3) is 0. The van der Waals surface area contributed by atoms with Crippen LogP contribution in [0.3, 0.4) is 0 Å². The van der Waals surface area contributed by atoms with Gasteiger partial charge in [-0.15, -0.1) is 0 Å². The first-order valence-electron chi connectivity index (χ1n) is 19.1. The largest absolute Gasteiger partial charge is 1.00 e. The Morgan fingerprint density at radius 1 is 0.350 bits per heavy atom. The summed E-state index contributed by atoms with van der Waals surface area (Å²) in [6, 6.07) is 53.7. The molecule has 0 aliphatic heterocycles. The molecule has 0 atom stereocenters. The van der Waals surface area contributed by atoms with Gasteiger partial charge in [-0.2, -0.15) is 0 Å². The Bertz CT molecular complexity index is 3380. The minimum atomic E-state index is -0.104. The summed E-state index contributed by atoms with van der Waals surface area (Å²) in [6.45, 7) is 0. The predicted octanol–water partition coefficient (Wildman–Crippen LogP) is 3.76. The quantitative estimate of drug-likeness (QED) is 0.151. The second-order valence-electron chi connectivity index (χ2n) is 14.4. The fourth-order valence-corrected chi connectivity index (χ4v) is 8.46. The van der Waals surface area contributed by atoms with Crippen LogP contribution in [0, 0.1) is 0 Å². The standard InChI is InChI=1S/C51H31N5O2.2Li/c57-47-40(24-22-30-16-10-28-52-45(30)47)42-36-18-7-8-19-37(36)44(41-25-23-31-17-11-29-53-46(31)48(41)58)43-35-20-9-21-38(34(35)26-27-39(42)43)51-55-49(32-12-3-1-4-13-32)54-50(56-51)33-14-5-2-6-15-33;;/h1-29,57-58H;;/q;2*+1. The van der Waals surface area contributed by atoms with E-state index in [2.05, 4.69) is 34.2 Å². The summed E-state index contributed by atoms with van der Waals surface area (Å²) in [6.07, 6.45) is 3.56. The normalized spacial score (nSPS) is 11.2. The van der Waals surface area contributed by atoms with Crippen molar-refractivity contribution >= 4 is 54.1 Å². The van der Waals surface area contributed by atoms with Crippen molar-refractivity contribution in [3.63, 3.8) is 0 Å². The zero-order valence-electron chi connectivity index (χ0n) is 32.9. The van der Waals surface area contributed by atoms with E-state index in [0.29, 0.717) is 39.6 Å². The maximum Gasteiger partial charge on any atom is 1.00 e. The van der Waals surface area contributed by atoms with E-state index < -0.39 is 0 Å². The summed E-state index contributed by atoms with van der Waals surface area (Å²) < 4.78 is 0. The van der Waals surface area contributed by atoms with Crippen molar-refractivity contribution in [1.29, 1.82) is 0 Å². The van der Waals surface area contributed by atoms with Gasteiger partial charge >= 0.3 is 37.7 Å². The van der Waals surface area contributed by atoms with E-state index in [9.17, 15) is 10.2 Å². The van der Waals surface area contributed by atoms with E-state index >= 15 is 0 Å². The molecule has 0 saturated heterocycles. The number of hydrogen-bond acceptors (Lipinski definition) is 5. The van der Waals surface area contributed by atoms with Crippen LogP contribution in [0.15, 0.2) is 176 Å². The molecule has 0 spiro atoms. The first-order valence-corrected chi connectivity index (χ1v) is 19.1. The van der Waals surface area contributed by atoms with Crippen molar-refractivity contribution in [2.75, 3.05) is 0 Å². The number of nitrogens with zero attached hydrogens (tertiary/aromatic N) is 3. The van der Waals surface area contributed by atoms with Gasteiger partial charge in [0.25, 0.3) is 0 Å². The van der Waals surface area contributed by atoms with Crippen molar-refractivity contribution in [1.82, 2.24) is 15.0 Å². The van der Waals surface area contributed by atoms with E-state index in [1.54, 1.807) is 12.4 Å². The molecule has 9 heteroatoms. The number of hydrogen-bond donors (Lipinski definition) is 0. The van der Waals surface area contributed by atoms with Gasteiger partial charge in [-0.3, -0.25) is 0 Å². The van der Waals surface area contributed by atoms with Gasteiger partial charge in [0, 0.05) is 39.6 Å². The van der Waals surface area contributed by atoms with Gasteiger partial charge in [-0.1, -0.05) is 127 Å². The Balaban J connectivity index is 0.00000231. The zero-order chi connectivity index (χ0) is 38.7. The number of H-pyrrole nitrogens is 2. The average Bonchev–Trinajstić information content (AvgIpc) is 3.29. The number of aromatic nitrogens is 5. The van der Waals surface area contributed by atoms with E-state index in [1.165, 1.54) is 0 Å². The van der Waals surface area contributed by atoms with Crippen LogP contribution >= 0.6 is 0 Å². The summed E-state index contributed by atoms with van der Waals surface area (Å²) in [5.41, 5.74) is 6.38. The molecule has 11 rings (SSSR count). The number of fused-ring (bicyclic) bond motifs is 6. The summed E-state index contributed by atoms with van der Waals surface area (Å²) in [5, 5.41) is 36.0. The van der Waals surface area contributed by atoms with Crippen molar-refractivity contribution in [3.8, 4) is 67.9 Å². The summed E-state index contributed by atoms with van der Waals surface area (Å²) in [4.78, 5) is 21.5. The number of rotatable bonds is 5. The van der Waals surface area contributed by atoms with Crippen LogP contribution in [0.2, 0.25) is 0 Å². The first kappa shape index (κ1) is 38.7. The van der Waals surface area contributed by atoms with Crippen LogP contribution in [-0.4, -0.2) is 15.0 Å². The molecule has 0 aliphatic rings. The molecular formula is C51H31Li2N5O2+2. The molecule has 0 unspecified atom stereocenters. The van der Waals surface area contributed by atoms with E-state index in [1.807, 2.05) is 140 Å². The second kappa shape index (κ2) is 15.7. The van der Waals surface area contributed by atoms with Crippen molar-refractivity contribution in [2.45, 2.75) is 0 Å². The van der Waals surface area contributed by atoms with E-state index in [-0.39, 0.29) is 49.2 Å². The van der Waals surface area contributed by atoms with Gasteiger partial charge in [-0.05, 0) is 90.3 Å². The molecular weight excluding hydrogens is 728 g/mol. The summed E-state index contributed by atoms with van der Waals surface area (Å²) in [5.74, 6) is 1.46. The number of aromatic amines is 2. The van der Waals surface area contributed by atoms with Crippen molar-refractivity contribution in [2.24, 2.45) is 0 Å². The average molecular weight is 760 g/mol. The van der Waals surface area contributed by atoms with Gasteiger partial charge in [0.15, 0.2) is 29.9 Å². The van der Waals surface area contributed by atoms with Crippen LogP contribution in [-0.2, 0) is 0 Å². The fourth-order valence-electron chi connectivity index (χ4n) is 8.46. The molecule has 8 aromatic carbocycles. The molecule has 0 saturated carbocycles. The van der Waals surface area contributed by atoms with Gasteiger partial charge in [-0.25, -0.2) is 24.9 Å². The maximum absolute atomic E-state index is 14.6. The van der Waals surface area contributed by atoms with Gasteiger partial charge < -0.3 is 10.2 Å².